The average molecular weight is 318 g/mol. The number of ether oxygens (including phenoxy) is 1. The Hall–Kier alpha value is -1.14. The molecule has 0 N–H and O–H groups in total. The monoisotopic (exact) mass is 317 g/mol. The van der Waals surface area contributed by atoms with Gasteiger partial charge in [0, 0.05) is 6.54 Å². The zero-order valence-electron chi connectivity index (χ0n) is 9.70. The van der Waals surface area contributed by atoms with E-state index in [0.29, 0.717) is 23.4 Å². The van der Waals surface area contributed by atoms with Crippen LogP contribution >= 0.6 is 15.9 Å². The highest BCUT2D eigenvalue weighted by Crippen LogP contribution is 2.25. The standard InChI is InChI=1S/C12H13BrFNO3/c13-10-7-9(14)3-4-11(10)17-8-12(16)15-5-1-2-6-18-15/h3-4,7H,1-2,5-6,8H2. The number of nitrogens with zero attached hydrogens (tertiary/aromatic N) is 1. The van der Waals surface area contributed by atoms with Crippen LogP contribution in [0, 0.1) is 5.82 Å². The van der Waals surface area contributed by atoms with Gasteiger partial charge < -0.3 is 4.74 Å². The molecule has 1 aliphatic rings. The van der Waals surface area contributed by atoms with Gasteiger partial charge in [0.1, 0.15) is 11.6 Å². The molecule has 6 heteroatoms. The summed E-state index contributed by atoms with van der Waals surface area (Å²) in [6, 6.07) is 4.04. The summed E-state index contributed by atoms with van der Waals surface area (Å²) in [6.07, 6.45) is 1.90. The number of amides is 1. The Morgan fingerprint density at radius 3 is 3.00 bits per heavy atom. The minimum Gasteiger partial charge on any atom is -0.482 e. The molecule has 1 aromatic carbocycles. The van der Waals surface area contributed by atoms with E-state index >= 15 is 0 Å². The molecule has 0 bridgehead atoms. The number of rotatable bonds is 3. The lowest BCUT2D eigenvalue weighted by Crippen LogP contribution is -2.38. The molecule has 1 fully saturated rings. The van der Waals surface area contributed by atoms with Crippen LogP contribution in [0.25, 0.3) is 0 Å². The topological polar surface area (TPSA) is 38.8 Å². The molecular formula is C12H13BrFNO3. The van der Waals surface area contributed by atoms with Crippen molar-refractivity contribution in [3.8, 4) is 5.75 Å². The van der Waals surface area contributed by atoms with Gasteiger partial charge in [-0.25, -0.2) is 9.45 Å². The molecule has 0 aromatic heterocycles. The lowest BCUT2D eigenvalue weighted by molar-refractivity contribution is -0.198. The van der Waals surface area contributed by atoms with Crippen molar-refractivity contribution in [1.29, 1.82) is 0 Å². The van der Waals surface area contributed by atoms with Crippen molar-refractivity contribution in [1.82, 2.24) is 5.06 Å². The number of hydrogen-bond acceptors (Lipinski definition) is 3. The van der Waals surface area contributed by atoms with Gasteiger partial charge in [0.15, 0.2) is 6.61 Å². The Labute approximate surface area is 113 Å². The highest BCUT2D eigenvalue weighted by atomic mass is 79.9. The van der Waals surface area contributed by atoms with Crippen LogP contribution in [0.5, 0.6) is 5.75 Å². The molecule has 0 unspecified atom stereocenters. The van der Waals surface area contributed by atoms with E-state index in [1.807, 2.05) is 0 Å². The fraction of sp³-hybridized carbons (Fsp3) is 0.417. The molecule has 1 heterocycles. The van der Waals surface area contributed by atoms with Gasteiger partial charge in [-0.05, 0) is 47.0 Å². The normalized spacial score (nSPS) is 15.6. The first-order valence-corrected chi connectivity index (χ1v) is 6.47. The summed E-state index contributed by atoms with van der Waals surface area (Å²) in [5.74, 6) is -0.160. The lowest BCUT2D eigenvalue weighted by Gasteiger charge is -2.25. The molecule has 2 rings (SSSR count). The second-order valence-electron chi connectivity index (χ2n) is 3.90. The van der Waals surface area contributed by atoms with Gasteiger partial charge in [-0.1, -0.05) is 0 Å². The Bertz CT molecular complexity index is 435. The summed E-state index contributed by atoms with van der Waals surface area (Å²) in [7, 11) is 0. The van der Waals surface area contributed by atoms with Gasteiger partial charge in [0.05, 0.1) is 11.1 Å². The van der Waals surface area contributed by atoms with E-state index in [4.69, 9.17) is 9.57 Å². The SMILES string of the molecule is O=C(COc1ccc(F)cc1Br)N1CCCCO1. The summed E-state index contributed by atoms with van der Waals surface area (Å²) in [4.78, 5) is 16.9. The molecule has 1 aliphatic heterocycles. The zero-order valence-corrected chi connectivity index (χ0v) is 11.3. The summed E-state index contributed by atoms with van der Waals surface area (Å²) < 4.78 is 18.7. The fourth-order valence-corrected chi connectivity index (χ4v) is 2.06. The molecule has 0 atom stereocenters. The predicted octanol–water partition coefficient (Wildman–Crippen LogP) is 2.52. The van der Waals surface area contributed by atoms with Gasteiger partial charge >= 0.3 is 0 Å². The van der Waals surface area contributed by atoms with Crippen molar-refractivity contribution >= 4 is 21.8 Å². The number of hydrogen-bond donors (Lipinski definition) is 0. The maximum absolute atomic E-state index is 12.9. The highest BCUT2D eigenvalue weighted by Gasteiger charge is 2.18. The van der Waals surface area contributed by atoms with E-state index in [0.717, 1.165) is 12.8 Å². The Morgan fingerprint density at radius 2 is 2.33 bits per heavy atom. The second-order valence-corrected chi connectivity index (χ2v) is 4.75. The summed E-state index contributed by atoms with van der Waals surface area (Å²) in [6.45, 7) is 1.03. The largest absolute Gasteiger partial charge is 0.482 e. The smallest absolute Gasteiger partial charge is 0.283 e. The summed E-state index contributed by atoms with van der Waals surface area (Å²) in [5, 5.41) is 1.32. The number of benzene rings is 1. The summed E-state index contributed by atoms with van der Waals surface area (Å²) in [5.41, 5.74) is 0. The third kappa shape index (κ3) is 3.43. The molecule has 0 saturated carbocycles. The molecule has 0 radical (unpaired) electrons. The molecular weight excluding hydrogens is 305 g/mol. The van der Waals surface area contributed by atoms with Crippen LogP contribution in [0.15, 0.2) is 22.7 Å². The third-order valence-corrected chi connectivity index (χ3v) is 3.15. The first-order chi connectivity index (χ1) is 8.66. The minimum atomic E-state index is -0.361. The Kier molecular flexibility index (Phi) is 4.54. The molecule has 1 amide bonds. The van der Waals surface area contributed by atoms with Crippen LogP contribution in [0.3, 0.4) is 0 Å². The van der Waals surface area contributed by atoms with Gasteiger partial charge in [-0.2, -0.15) is 0 Å². The number of halogens is 2. The lowest BCUT2D eigenvalue weighted by atomic mass is 10.3. The van der Waals surface area contributed by atoms with Crippen LogP contribution in [0.4, 0.5) is 4.39 Å². The predicted molar refractivity (Wildman–Crippen MR) is 66.5 cm³/mol. The molecule has 18 heavy (non-hydrogen) atoms. The van der Waals surface area contributed by atoms with Crippen molar-refractivity contribution in [2.24, 2.45) is 0 Å². The third-order valence-electron chi connectivity index (χ3n) is 2.53. The molecule has 0 aliphatic carbocycles. The number of carbonyl (C=O) groups is 1. The summed E-state index contributed by atoms with van der Waals surface area (Å²) >= 11 is 3.17. The highest BCUT2D eigenvalue weighted by molar-refractivity contribution is 9.10. The van der Waals surface area contributed by atoms with Gasteiger partial charge in [0.25, 0.3) is 5.91 Å². The quantitative estimate of drug-likeness (QED) is 0.860. The van der Waals surface area contributed by atoms with E-state index < -0.39 is 0 Å². The first kappa shape index (κ1) is 13.3. The van der Waals surface area contributed by atoms with Gasteiger partial charge in [-0.3, -0.25) is 9.63 Å². The molecule has 4 nitrogen and oxygen atoms in total. The van der Waals surface area contributed by atoms with Crippen LogP contribution in [-0.2, 0) is 9.63 Å². The maximum atomic E-state index is 12.9. The maximum Gasteiger partial charge on any atom is 0.283 e. The van der Waals surface area contributed by atoms with E-state index in [-0.39, 0.29) is 18.3 Å². The number of hydroxylamine groups is 2. The van der Waals surface area contributed by atoms with Crippen LogP contribution in [0.2, 0.25) is 0 Å². The molecule has 1 saturated heterocycles. The van der Waals surface area contributed by atoms with Crippen LogP contribution in [-0.4, -0.2) is 30.7 Å². The average Bonchev–Trinajstić information content (AvgIpc) is 2.38. The fourth-order valence-electron chi connectivity index (χ4n) is 1.60. The Morgan fingerprint density at radius 1 is 1.50 bits per heavy atom. The molecule has 98 valence electrons. The van der Waals surface area contributed by atoms with Crippen molar-refractivity contribution in [2.75, 3.05) is 19.8 Å². The van der Waals surface area contributed by atoms with E-state index in [2.05, 4.69) is 15.9 Å². The number of carbonyl (C=O) groups excluding carboxylic acids is 1. The van der Waals surface area contributed by atoms with Crippen molar-refractivity contribution in [3.05, 3.63) is 28.5 Å². The van der Waals surface area contributed by atoms with E-state index in [1.54, 1.807) is 0 Å². The zero-order chi connectivity index (χ0) is 13.0. The van der Waals surface area contributed by atoms with Gasteiger partial charge in [-0.15, -0.1) is 0 Å². The van der Waals surface area contributed by atoms with Crippen molar-refractivity contribution in [3.63, 3.8) is 0 Å². The second kappa shape index (κ2) is 6.15. The van der Waals surface area contributed by atoms with Gasteiger partial charge in [0.2, 0.25) is 0 Å². The molecule has 0 spiro atoms. The molecule has 1 aromatic rings. The van der Waals surface area contributed by atoms with Crippen LogP contribution in [0.1, 0.15) is 12.8 Å². The van der Waals surface area contributed by atoms with E-state index in [1.165, 1.54) is 23.3 Å². The van der Waals surface area contributed by atoms with Crippen molar-refractivity contribution in [2.45, 2.75) is 12.8 Å². The van der Waals surface area contributed by atoms with Crippen molar-refractivity contribution < 1.29 is 18.8 Å². The minimum absolute atomic E-state index is 0.121. The Balaban J connectivity index is 1.88. The first-order valence-electron chi connectivity index (χ1n) is 5.68. The van der Waals surface area contributed by atoms with Crippen LogP contribution < -0.4 is 4.74 Å². The van der Waals surface area contributed by atoms with E-state index in [9.17, 15) is 9.18 Å².